The summed E-state index contributed by atoms with van der Waals surface area (Å²) in [5, 5.41) is 0. The Hall–Kier alpha value is 0.470. The first-order valence-corrected chi connectivity index (χ1v) is 5.83. The van der Waals surface area contributed by atoms with Crippen molar-refractivity contribution in [3.8, 4) is 0 Å². The van der Waals surface area contributed by atoms with Crippen LogP contribution in [0.4, 0.5) is 0 Å². The second kappa shape index (κ2) is 6.01. The molecule has 0 aromatic heterocycles. The van der Waals surface area contributed by atoms with E-state index in [2.05, 4.69) is 0 Å². The summed E-state index contributed by atoms with van der Waals surface area (Å²) < 4.78 is 21.2. The van der Waals surface area contributed by atoms with E-state index in [9.17, 15) is 4.57 Å². The van der Waals surface area contributed by atoms with Gasteiger partial charge in [-0.25, -0.2) is 0 Å². The van der Waals surface area contributed by atoms with Crippen LogP contribution < -0.4 is 0 Å². The van der Waals surface area contributed by atoms with Crippen LogP contribution in [0.2, 0.25) is 0 Å². The van der Waals surface area contributed by atoms with Crippen molar-refractivity contribution in [2.24, 2.45) is 0 Å². The van der Waals surface area contributed by atoms with E-state index < -0.39 is 7.60 Å². The highest BCUT2D eigenvalue weighted by Crippen LogP contribution is 2.51. The van der Waals surface area contributed by atoms with Gasteiger partial charge in [0, 0.05) is 0 Å². The summed E-state index contributed by atoms with van der Waals surface area (Å²) in [6.45, 7) is 3.99. The molecule has 0 aliphatic heterocycles. The molecule has 0 atom stereocenters. The van der Waals surface area contributed by atoms with Crippen LogP contribution >= 0.6 is 30.8 Å². The van der Waals surface area contributed by atoms with Crippen molar-refractivity contribution in [2.45, 2.75) is 13.8 Å². The highest BCUT2D eigenvalue weighted by Gasteiger charge is 2.20. The van der Waals surface area contributed by atoms with Gasteiger partial charge in [-0.1, -0.05) is 23.2 Å². The Morgan fingerprint density at radius 2 is 1.75 bits per heavy atom. The molecule has 0 radical (unpaired) electrons. The fraction of sp³-hybridized carbons (Fsp3) is 0.667. The van der Waals surface area contributed by atoms with E-state index in [0.29, 0.717) is 0 Å². The minimum absolute atomic E-state index is 0.111. The Morgan fingerprint density at radius 1 is 1.33 bits per heavy atom. The molecular weight excluding hydrogens is 222 g/mol. The minimum Gasteiger partial charge on any atom is -0.306 e. The van der Waals surface area contributed by atoms with Crippen molar-refractivity contribution in [1.82, 2.24) is 0 Å². The quantitative estimate of drug-likeness (QED) is 0.681. The van der Waals surface area contributed by atoms with Gasteiger partial charge in [0.25, 0.3) is 0 Å². The fourth-order valence-electron chi connectivity index (χ4n) is 0.591. The van der Waals surface area contributed by atoms with Crippen molar-refractivity contribution >= 4 is 30.8 Å². The first-order chi connectivity index (χ1) is 5.54. The Kier molecular flexibility index (Phi) is 6.24. The van der Waals surface area contributed by atoms with Crippen LogP contribution in [0.1, 0.15) is 13.8 Å². The summed E-state index contributed by atoms with van der Waals surface area (Å²) in [6, 6.07) is 0. The van der Waals surface area contributed by atoms with Gasteiger partial charge in [-0.3, -0.25) is 4.57 Å². The lowest BCUT2D eigenvalue weighted by atomic mass is 10.9. The largest absolute Gasteiger partial charge is 0.356 e. The van der Waals surface area contributed by atoms with Gasteiger partial charge < -0.3 is 9.05 Å². The molecule has 0 amide bonds. The molecule has 0 bridgehead atoms. The maximum absolute atomic E-state index is 11.5. The van der Waals surface area contributed by atoms with Crippen molar-refractivity contribution in [1.29, 1.82) is 0 Å². The van der Waals surface area contributed by atoms with Crippen LogP contribution in [0.15, 0.2) is 10.3 Å². The van der Waals surface area contributed by atoms with E-state index in [-0.39, 0.29) is 17.7 Å². The van der Waals surface area contributed by atoms with E-state index in [1.807, 2.05) is 0 Å². The smallest absolute Gasteiger partial charge is 0.306 e. The van der Waals surface area contributed by atoms with Gasteiger partial charge in [-0.05, 0) is 13.8 Å². The summed E-state index contributed by atoms with van der Waals surface area (Å²) in [5.41, 5.74) is 0. The number of halogens is 2. The highest BCUT2D eigenvalue weighted by atomic mass is 35.5. The van der Waals surface area contributed by atoms with E-state index in [1.165, 1.54) is 0 Å². The average molecular weight is 233 g/mol. The molecular formula is C6H11Cl2O3P. The lowest BCUT2D eigenvalue weighted by Gasteiger charge is -2.12. The first-order valence-electron chi connectivity index (χ1n) is 3.46. The fourth-order valence-corrected chi connectivity index (χ4v) is 2.49. The highest BCUT2D eigenvalue weighted by molar-refractivity contribution is 7.57. The Balaban J connectivity index is 4.40. The van der Waals surface area contributed by atoms with Gasteiger partial charge in [0.05, 0.1) is 19.0 Å². The molecule has 6 heteroatoms. The standard InChI is InChI=1S/C6H11Cl2O3P/c1-3-10-12(9,11-4-2)5-6(7)8/h5H,3-4H2,1-2H3. The predicted octanol–water partition coefficient (Wildman–Crippen LogP) is 3.53. The third kappa shape index (κ3) is 5.18. The molecule has 0 N–H and O–H groups in total. The zero-order chi connectivity index (χ0) is 9.61. The van der Waals surface area contributed by atoms with Gasteiger partial charge in [-0.2, -0.15) is 0 Å². The third-order valence-corrected chi connectivity index (χ3v) is 3.21. The third-order valence-electron chi connectivity index (χ3n) is 0.874. The molecule has 12 heavy (non-hydrogen) atoms. The molecule has 0 aliphatic carbocycles. The molecule has 0 spiro atoms. The molecule has 0 saturated heterocycles. The van der Waals surface area contributed by atoms with Crippen molar-refractivity contribution in [3.63, 3.8) is 0 Å². The van der Waals surface area contributed by atoms with Crippen LogP contribution in [-0.2, 0) is 13.6 Å². The van der Waals surface area contributed by atoms with Crippen molar-refractivity contribution < 1.29 is 13.6 Å². The molecule has 0 heterocycles. The molecule has 0 aromatic carbocycles. The van der Waals surface area contributed by atoms with Crippen molar-refractivity contribution in [3.05, 3.63) is 10.3 Å². The Morgan fingerprint density at radius 3 is 2.00 bits per heavy atom. The molecule has 3 nitrogen and oxygen atoms in total. The second-order valence-corrected chi connectivity index (χ2v) is 4.66. The van der Waals surface area contributed by atoms with Crippen LogP contribution in [0.5, 0.6) is 0 Å². The lowest BCUT2D eigenvalue weighted by Crippen LogP contribution is -1.92. The van der Waals surface area contributed by atoms with Gasteiger partial charge >= 0.3 is 7.60 Å². The van der Waals surface area contributed by atoms with E-state index in [1.54, 1.807) is 13.8 Å². The van der Waals surface area contributed by atoms with Gasteiger partial charge in [0.1, 0.15) is 4.49 Å². The molecule has 0 aliphatic rings. The minimum atomic E-state index is -3.20. The number of rotatable bonds is 5. The van der Waals surface area contributed by atoms with E-state index in [4.69, 9.17) is 32.2 Å². The summed E-state index contributed by atoms with van der Waals surface area (Å²) in [4.78, 5) is 0. The molecule has 0 aromatic rings. The lowest BCUT2D eigenvalue weighted by molar-refractivity contribution is 0.229. The molecule has 0 rings (SSSR count). The van der Waals surface area contributed by atoms with Gasteiger partial charge in [-0.15, -0.1) is 0 Å². The van der Waals surface area contributed by atoms with Crippen LogP contribution in [0.25, 0.3) is 0 Å². The molecule has 0 saturated carbocycles. The topological polar surface area (TPSA) is 35.5 Å². The maximum atomic E-state index is 11.5. The Labute approximate surface area is 82.2 Å². The first kappa shape index (κ1) is 12.5. The zero-order valence-electron chi connectivity index (χ0n) is 6.92. The average Bonchev–Trinajstić information content (AvgIpc) is 1.85. The normalized spacial score (nSPS) is 11.3. The predicted molar refractivity (Wildman–Crippen MR) is 50.6 cm³/mol. The maximum Gasteiger partial charge on any atom is 0.356 e. The van der Waals surface area contributed by atoms with Crippen LogP contribution in [0, 0.1) is 0 Å². The SMILES string of the molecule is CCOP(=O)(C=C(Cl)Cl)OCC. The van der Waals surface area contributed by atoms with Gasteiger partial charge in [0.2, 0.25) is 0 Å². The summed E-state index contributed by atoms with van der Waals surface area (Å²) in [6.07, 6.45) is 0. The summed E-state index contributed by atoms with van der Waals surface area (Å²) >= 11 is 10.7. The molecule has 72 valence electrons. The molecule has 0 unspecified atom stereocenters. The molecule has 0 fully saturated rings. The van der Waals surface area contributed by atoms with Crippen molar-refractivity contribution in [2.75, 3.05) is 13.2 Å². The van der Waals surface area contributed by atoms with E-state index >= 15 is 0 Å². The Bertz CT molecular complexity index is 191. The summed E-state index contributed by atoms with van der Waals surface area (Å²) in [7, 11) is -3.20. The van der Waals surface area contributed by atoms with Gasteiger partial charge in [0.15, 0.2) is 0 Å². The number of hydrogen-bond acceptors (Lipinski definition) is 3. The number of hydrogen-bond donors (Lipinski definition) is 0. The van der Waals surface area contributed by atoms with Crippen LogP contribution in [-0.4, -0.2) is 13.2 Å². The zero-order valence-corrected chi connectivity index (χ0v) is 9.33. The van der Waals surface area contributed by atoms with E-state index in [0.717, 1.165) is 5.82 Å². The second-order valence-electron chi connectivity index (χ2n) is 1.79. The van der Waals surface area contributed by atoms with Crippen LogP contribution in [0.3, 0.4) is 0 Å². The summed E-state index contributed by atoms with van der Waals surface area (Å²) in [5.74, 6) is 1.09. The monoisotopic (exact) mass is 232 g/mol.